The molecule has 5 rings (SSSR count). The Labute approximate surface area is 233 Å². The molecule has 0 bridgehead atoms. The van der Waals surface area contributed by atoms with E-state index in [4.69, 9.17) is 18.9 Å². The summed E-state index contributed by atoms with van der Waals surface area (Å²) in [6.07, 6.45) is 6.34. The zero-order valence-electron chi connectivity index (χ0n) is 22.6. The van der Waals surface area contributed by atoms with Crippen molar-refractivity contribution in [3.8, 4) is 23.0 Å². The van der Waals surface area contributed by atoms with Crippen LogP contribution < -0.4 is 18.9 Å². The van der Waals surface area contributed by atoms with Gasteiger partial charge in [-0.1, -0.05) is 31.9 Å². The van der Waals surface area contributed by atoms with Gasteiger partial charge in [0.05, 0.1) is 25.3 Å². The minimum atomic E-state index is -0.878. The number of Topliss-reactive ketones (excluding diaryl/α,β-unsaturated/α-hetero) is 1. The Bertz CT molecular complexity index is 1420. The highest BCUT2D eigenvalue weighted by Gasteiger charge is 2.46. The van der Waals surface area contributed by atoms with Crippen LogP contribution in [0, 0.1) is 0 Å². The average Bonchev–Trinajstić information content (AvgIpc) is 3.24. The van der Waals surface area contributed by atoms with Crippen molar-refractivity contribution >= 4 is 17.4 Å². The van der Waals surface area contributed by atoms with Crippen LogP contribution in [-0.4, -0.2) is 53.6 Å². The van der Waals surface area contributed by atoms with E-state index in [0.29, 0.717) is 53.9 Å². The first-order chi connectivity index (χ1) is 19.5. The Balaban J connectivity index is 1.58. The third-order valence-corrected chi connectivity index (χ3v) is 6.94. The molecule has 0 aliphatic carbocycles. The van der Waals surface area contributed by atoms with Gasteiger partial charge in [0.15, 0.2) is 23.0 Å². The zero-order chi connectivity index (χ0) is 28.1. The molecule has 0 saturated carbocycles. The number of carbonyl (C=O) groups is 2. The van der Waals surface area contributed by atoms with Crippen molar-refractivity contribution in [2.75, 3.05) is 26.9 Å². The molecular weight excluding hydrogens is 512 g/mol. The second-order valence-electron chi connectivity index (χ2n) is 9.61. The van der Waals surface area contributed by atoms with E-state index in [1.165, 1.54) is 4.90 Å². The molecule has 0 radical (unpaired) electrons. The van der Waals surface area contributed by atoms with Crippen LogP contribution in [0.15, 0.2) is 66.5 Å². The maximum absolute atomic E-state index is 13.5. The van der Waals surface area contributed by atoms with Crippen LogP contribution in [0.25, 0.3) is 5.76 Å². The monoisotopic (exact) mass is 544 g/mol. The number of rotatable bonds is 10. The largest absolute Gasteiger partial charge is 0.507 e. The molecule has 2 aliphatic rings. The number of unbranched alkanes of at least 4 members (excludes halogenated alkanes) is 2. The van der Waals surface area contributed by atoms with Gasteiger partial charge in [-0.3, -0.25) is 14.6 Å². The molecular formula is C31H32N2O7. The molecule has 0 spiro atoms. The normalized spacial score (nSPS) is 17.6. The van der Waals surface area contributed by atoms with E-state index in [0.717, 1.165) is 24.8 Å². The highest BCUT2D eigenvalue weighted by atomic mass is 16.6. The maximum Gasteiger partial charge on any atom is 0.295 e. The van der Waals surface area contributed by atoms with E-state index >= 15 is 0 Å². The quantitative estimate of drug-likeness (QED) is 0.164. The molecule has 1 amide bonds. The number of ketones is 1. The van der Waals surface area contributed by atoms with Gasteiger partial charge >= 0.3 is 0 Å². The maximum atomic E-state index is 13.5. The number of pyridine rings is 1. The molecule has 1 N–H and O–H groups in total. The van der Waals surface area contributed by atoms with Crippen molar-refractivity contribution in [2.45, 2.75) is 38.8 Å². The summed E-state index contributed by atoms with van der Waals surface area (Å²) in [4.78, 5) is 32.5. The molecule has 3 heterocycles. The summed E-state index contributed by atoms with van der Waals surface area (Å²) in [6.45, 7) is 3.60. The number of aromatic nitrogens is 1. The van der Waals surface area contributed by atoms with Gasteiger partial charge in [-0.15, -0.1) is 0 Å². The van der Waals surface area contributed by atoms with E-state index in [-0.39, 0.29) is 17.9 Å². The lowest BCUT2D eigenvalue weighted by molar-refractivity contribution is -0.140. The smallest absolute Gasteiger partial charge is 0.295 e. The number of benzene rings is 2. The molecule has 2 aromatic carbocycles. The van der Waals surface area contributed by atoms with Gasteiger partial charge in [-0.25, -0.2) is 0 Å². The van der Waals surface area contributed by atoms with Crippen LogP contribution in [0.2, 0.25) is 0 Å². The highest BCUT2D eigenvalue weighted by Crippen LogP contribution is 2.43. The molecule has 1 aromatic heterocycles. The fourth-order valence-electron chi connectivity index (χ4n) is 4.93. The number of hydrogen-bond donors (Lipinski definition) is 1. The number of carbonyl (C=O) groups excluding carboxylic acids is 2. The van der Waals surface area contributed by atoms with Crippen LogP contribution in [0.4, 0.5) is 0 Å². The molecule has 2 aliphatic heterocycles. The van der Waals surface area contributed by atoms with E-state index in [1.54, 1.807) is 62.0 Å². The van der Waals surface area contributed by atoms with Gasteiger partial charge in [0.1, 0.15) is 19.0 Å². The van der Waals surface area contributed by atoms with Crippen molar-refractivity contribution in [3.05, 3.63) is 83.2 Å². The third kappa shape index (κ3) is 5.45. The fraction of sp³-hybridized carbons (Fsp3) is 0.323. The number of ether oxygens (including phenoxy) is 4. The SMILES string of the molecule is CCCCCOc1ccc(C2/C(=C(\O)c3ccc4c(c3)OCCO4)C(=O)C(=O)N2Cc2cccnc2)cc1OC. The Hall–Kier alpha value is -4.53. The van der Waals surface area contributed by atoms with Crippen LogP contribution in [0.3, 0.4) is 0 Å². The molecule has 1 fully saturated rings. The average molecular weight is 545 g/mol. The Morgan fingerprint density at radius 2 is 1.88 bits per heavy atom. The van der Waals surface area contributed by atoms with E-state index in [2.05, 4.69) is 11.9 Å². The summed E-state index contributed by atoms with van der Waals surface area (Å²) in [7, 11) is 1.54. The Kier molecular flexibility index (Phi) is 8.19. The Morgan fingerprint density at radius 3 is 2.62 bits per heavy atom. The van der Waals surface area contributed by atoms with Crippen molar-refractivity contribution in [1.82, 2.24) is 9.88 Å². The summed E-state index contributed by atoms with van der Waals surface area (Å²) in [5.74, 6) is 0.261. The van der Waals surface area contributed by atoms with Gasteiger partial charge in [0.25, 0.3) is 11.7 Å². The summed E-state index contributed by atoms with van der Waals surface area (Å²) >= 11 is 0. The van der Waals surface area contributed by atoms with Gasteiger partial charge in [-0.05, 0) is 53.9 Å². The zero-order valence-corrected chi connectivity index (χ0v) is 22.6. The first-order valence-electron chi connectivity index (χ1n) is 13.4. The van der Waals surface area contributed by atoms with Crippen molar-refractivity contribution < 1.29 is 33.6 Å². The second-order valence-corrected chi connectivity index (χ2v) is 9.61. The lowest BCUT2D eigenvalue weighted by Crippen LogP contribution is -2.29. The summed E-state index contributed by atoms with van der Waals surface area (Å²) in [5.41, 5.74) is 1.66. The first kappa shape index (κ1) is 27.1. The van der Waals surface area contributed by atoms with Crippen LogP contribution >= 0.6 is 0 Å². The molecule has 1 saturated heterocycles. The second kappa shape index (κ2) is 12.1. The van der Waals surface area contributed by atoms with Crippen LogP contribution in [0.5, 0.6) is 23.0 Å². The number of fused-ring (bicyclic) bond motifs is 1. The van der Waals surface area contributed by atoms with Crippen molar-refractivity contribution in [1.29, 1.82) is 0 Å². The minimum absolute atomic E-state index is 0.0239. The lowest BCUT2D eigenvalue weighted by Gasteiger charge is -2.26. The number of aliphatic hydroxyl groups excluding tert-OH is 1. The van der Waals surface area contributed by atoms with Crippen LogP contribution in [0.1, 0.15) is 48.9 Å². The topological polar surface area (TPSA) is 107 Å². The summed E-state index contributed by atoms with van der Waals surface area (Å²) in [6, 6.07) is 13.0. The van der Waals surface area contributed by atoms with Crippen molar-refractivity contribution in [3.63, 3.8) is 0 Å². The number of hydrogen-bond acceptors (Lipinski definition) is 8. The summed E-state index contributed by atoms with van der Waals surface area (Å²) < 4.78 is 22.8. The third-order valence-electron chi connectivity index (χ3n) is 6.94. The molecule has 1 unspecified atom stereocenters. The van der Waals surface area contributed by atoms with Gasteiger partial charge in [0.2, 0.25) is 0 Å². The van der Waals surface area contributed by atoms with Gasteiger partial charge < -0.3 is 29.0 Å². The van der Waals surface area contributed by atoms with E-state index in [9.17, 15) is 14.7 Å². The predicted molar refractivity (Wildman–Crippen MR) is 148 cm³/mol. The molecule has 3 aromatic rings. The van der Waals surface area contributed by atoms with Gasteiger partial charge in [-0.2, -0.15) is 0 Å². The number of methoxy groups -OCH3 is 1. The standard InChI is InChI=1S/C31H32N2O7/c1-3-4-5-13-38-23-10-8-21(16-25(23)37-2)28-27(29(34)22-9-11-24-26(17-22)40-15-14-39-24)30(35)31(36)33(28)19-20-7-6-12-32-18-20/h6-12,16-18,28,34H,3-5,13-15,19H2,1-2H3/b29-27+. The molecule has 9 heteroatoms. The van der Waals surface area contributed by atoms with E-state index < -0.39 is 17.7 Å². The molecule has 9 nitrogen and oxygen atoms in total. The molecule has 1 atom stereocenters. The Morgan fingerprint density at radius 1 is 1.05 bits per heavy atom. The lowest BCUT2D eigenvalue weighted by atomic mass is 9.94. The van der Waals surface area contributed by atoms with E-state index in [1.807, 2.05) is 6.07 Å². The molecule has 208 valence electrons. The molecule has 40 heavy (non-hydrogen) atoms. The van der Waals surface area contributed by atoms with Crippen LogP contribution in [-0.2, 0) is 16.1 Å². The number of aliphatic hydroxyl groups is 1. The van der Waals surface area contributed by atoms with Crippen molar-refractivity contribution in [2.24, 2.45) is 0 Å². The fourth-order valence-corrected chi connectivity index (χ4v) is 4.93. The number of likely N-dealkylation sites (tertiary alicyclic amines) is 1. The predicted octanol–water partition coefficient (Wildman–Crippen LogP) is 5.05. The highest BCUT2D eigenvalue weighted by molar-refractivity contribution is 6.46. The number of amides is 1. The van der Waals surface area contributed by atoms with Gasteiger partial charge in [0, 0.05) is 24.5 Å². The first-order valence-corrected chi connectivity index (χ1v) is 13.4. The minimum Gasteiger partial charge on any atom is -0.507 e. The summed E-state index contributed by atoms with van der Waals surface area (Å²) in [5, 5.41) is 11.5. The number of nitrogens with zero attached hydrogens (tertiary/aromatic N) is 2.